The summed E-state index contributed by atoms with van der Waals surface area (Å²) < 4.78 is 4.45. The number of alkyl halides is 1. The number of amides is 1. The minimum atomic E-state index is -0.582. The highest BCUT2D eigenvalue weighted by Crippen LogP contribution is 1.93. The lowest BCUT2D eigenvalue weighted by Crippen LogP contribution is -2.41. The zero-order valence-electron chi connectivity index (χ0n) is 7.09. The fourth-order valence-corrected chi connectivity index (χ4v) is 0.780. The Morgan fingerprint density at radius 3 is 2.50 bits per heavy atom. The third-order valence-corrected chi connectivity index (χ3v) is 1.59. The molecule has 0 unspecified atom stereocenters. The van der Waals surface area contributed by atoms with Crippen LogP contribution in [-0.4, -0.2) is 30.9 Å². The van der Waals surface area contributed by atoms with Gasteiger partial charge >= 0.3 is 5.97 Å². The Hall–Kier alpha value is -0.770. The van der Waals surface area contributed by atoms with E-state index in [0.29, 0.717) is 6.42 Å². The topological polar surface area (TPSA) is 55.4 Å². The van der Waals surface area contributed by atoms with Gasteiger partial charge in [0, 0.05) is 0 Å². The molecule has 0 rings (SSSR count). The number of hydrogen-bond donors (Lipinski definition) is 1. The quantitative estimate of drug-likeness (QED) is 0.516. The molecule has 12 heavy (non-hydrogen) atoms. The highest BCUT2D eigenvalue weighted by molar-refractivity contribution is 6.27. The van der Waals surface area contributed by atoms with Gasteiger partial charge in [-0.1, -0.05) is 6.92 Å². The molecule has 70 valence electrons. The zero-order chi connectivity index (χ0) is 9.56. The number of rotatable bonds is 4. The molecule has 0 radical (unpaired) electrons. The Labute approximate surface area is 76.2 Å². The van der Waals surface area contributed by atoms with Gasteiger partial charge in [0.05, 0.1) is 7.11 Å². The first-order valence-electron chi connectivity index (χ1n) is 3.58. The number of nitrogens with one attached hydrogen (secondary N) is 1. The van der Waals surface area contributed by atoms with E-state index in [1.807, 2.05) is 0 Å². The molecule has 4 nitrogen and oxygen atoms in total. The van der Waals surface area contributed by atoms with Crippen molar-refractivity contribution in [3.8, 4) is 0 Å². The van der Waals surface area contributed by atoms with Crippen molar-refractivity contribution in [1.82, 2.24) is 5.32 Å². The van der Waals surface area contributed by atoms with Crippen LogP contribution in [-0.2, 0) is 14.3 Å². The number of hydrogen-bond acceptors (Lipinski definition) is 3. The van der Waals surface area contributed by atoms with Crippen LogP contribution in [0.4, 0.5) is 0 Å². The van der Waals surface area contributed by atoms with E-state index in [1.165, 1.54) is 7.11 Å². The molecular formula is C7H12ClNO3. The van der Waals surface area contributed by atoms with Gasteiger partial charge in [0.1, 0.15) is 11.9 Å². The summed E-state index contributed by atoms with van der Waals surface area (Å²) in [6, 6.07) is -0.582. The largest absolute Gasteiger partial charge is 0.467 e. The monoisotopic (exact) mass is 193 g/mol. The van der Waals surface area contributed by atoms with E-state index >= 15 is 0 Å². The van der Waals surface area contributed by atoms with Crippen molar-refractivity contribution in [2.24, 2.45) is 0 Å². The smallest absolute Gasteiger partial charge is 0.328 e. The number of esters is 1. The fraction of sp³-hybridized carbons (Fsp3) is 0.714. The van der Waals surface area contributed by atoms with E-state index in [9.17, 15) is 9.59 Å². The van der Waals surface area contributed by atoms with Crippen LogP contribution in [0.2, 0.25) is 0 Å². The van der Waals surface area contributed by atoms with Crippen molar-refractivity contribution in [3.05, 3.63) is 0 Å². The molecule has 1 N–H and O–H groups in total. The number of halogens is 1. The summed E-state index contributed by atoms with van der Waals surface area (Å²) in [5.74, 6) is -0.960. The van der Waals surface area contributed by atoms with E-state index in [0.717, 1.165) is 0 Å². The fourth-order valence-electron chi connectivity index (χ4n) is 0.703. The lowest BCUT2D eigenvalue weighted by Gasteiger charge is -2.12. The third-order valence-electron chi connectivity index (χ3n) is 1.35. The number of carbonyl (C=O) groups is 2. The predicted molar refractivity (Wildman–Crippen MR) is 45.0 cm³/mol. The maximum atomic E-state index is 10.9. The molecule has 1 amide bonds. The minimum Gasteiger partial charge on any atom is -0.467 e. The van der Waals surface area contributed by atoms with Gasteiger partial charge in [-0.3, -0.25) is 4.79 Å². The third kappa shape index (κ3) is 3.57. The predicted octanol–water partition coefficient (Wildman–Crippen LogP) is 0.293. The lowest BCUT2D eigenvalue weighted by molar-refractivity contribution is -0.144. The summed E-state index contributed by atoms with van der Waals surface area (Å²) in [7, 11) is 1.28. The van der Waals surface area contributed by atoms with Crippen molar-refractivity contribution in [1.29, 1.82) is 0 Å². The summed E-state index contributed by atoms with van der Waals surface area (Å²) in [4.78, 5) is 21.7. The molecule has 0 aromatic heterocycles. The van der Waals surface area contributed by atoms with Crippen LogP contribution in [0.25, 0.3) is 0 Å². The minimum absolute atomic E-state index is 0.145. The van der Waals surface area contributed by atoms with Crippen LogP contribution in [0.1, 0.15) is 13.3 Å². The lowest BCUT2D eigenvalue weighted by atomic mass is 10.2. The average Bonchev–Trinajstić information content (AvgIpc) is 2.12. The van der Waals surface area contributed by atoms with Crippen LogP contribution < -0.4 is 5.32 Å². The molecule has 0 spiro atoms. The molecule has 0 bridgehead atoms. The van der Waals surface area contributed by atoms with Crippen LogP contribution >= 0.6 is 11.6 Å². The van der Waals surface area contributed by atoms with Gasteiger partial charge in [0.15, 0.2) is 0 Å². The Morgan fingerprint density at radius 2 is 2.17 bits per heavy atom. The Bertz CT molecular complexity index is 172. The van der Waals surface area contributed by atoms with E-state index < -0.39 is 12.0 Å². The van der Waals surface area contributed by atoms with Crippen LogP contribution in [0, 0.1) is 0 Å². The standard InChI is InChI=1S/C7H12ClNO3/c1-3-5(7(11)12-2)9-6(10)4-8/h5H,3-4H2,1-2H3,(H,9,10)/t5-/m0/s1. The first-order valence-corrected chi connectivity index (χ1v) is 4.12. The number of methoxy groups -OCH3 is 1. The summed E-state index contributed by atoms with van der Waals surface area (Å²) in [6.07, 6.45) is 0.495. The van der Waals surface area contributed by atoms with Crippen LogP contribution in [0.15, 0.2) is 0 Å². The molecule has 0 saturated carbocycles. The Morgan fingerprint density at radius 1 is 1.58 bits per heavy atom. The second-order valence-corrected chi connectivity index (χ2v) is 2.45. The van der Waals surface area contributed by atoms with Gasteiger partial charge in [-0.2, -0.15) is 0 Å². The summed E-state index contributed by atoms with van der Waals surface area (Å²) in [5, 5.41) is 2.42. The first kappa shape index (κ1) is 11.2. The first-order chi connectivity index (χ1) is 5.65. The molecule has 1 atom stereocenters. The van der Waals surface area contributed by atoms with Gasteiger partial charge in [-0.05, 0) is 6.42 Å². The van der Waals surface area contributed by atoms with E-state index in [1.54, 1.807) is 6.92 Å². The molecule has 0 aromatic carbocycles. The SMILES string of the molecule is CC[C@H](NC(=O)CCl)C(=O)OC. The van der Waals surface area contributed by atoms with Gasteiger partial charge in [-0.25, -0.2) is 4.79 Å². The van der Waals surface area contributed by atoms with Gasteiger partial charge in [0.25, 0.3) is 0 Å². The van der Waals surface area contributed by atoms with Crippen molar-refractivity contribution >= 4 is 23.5 Å². The number of ether oxygens (including phenoxy) is 1. The van der Waals surface area contributed by atoms with Crippen molar-refractivity contribution in [2.45, 2.75) is 19.4 Å². The van der Waals surface area contributed by atoms with Crippen molar-refractivity contribution in [3.63, 3.8) is 0 Å². The van der Waals surface area contributed by atoms with E-state index in [4.69, 9.17) is 11.6 Å². The molecule has 0 aliphatic heterocycles. The maximum Gasteiger partial charge on any atom is 0.328 e. The van der Waals surface area contributed by atoms with Crippen LogP contribution in [0.3, 0.4) is 0 Å². The molecule has 0 heterocycles. The molecule has 0 saturated heterocycles. The van der Waals surface area contributed by atoms with Crippen molar-refractivity contribution in [2.75, 3.05) is 13.0 Å². The highest BCUT2D eigenvalue weighted by Gasteiger charge is 2.18. The average molecular weight is 194 g/mol. The molecular weight excluding hydrogens is 182 g/mol. The Balaban J connectivity index is 3.99. The van der Waals surface area contributed by atoms with Gasteiger partial charge in [-0.15, -0.1) is 11.6 Å². The van der Waals surface area contributed by atoms with Gasteiger partial charge in [0.2, 0.25) is 5.91 Å². The van der Waals surface area contributed by atoms with Gasteiger partial charge < -0.3 is 10.1 Å². The second kappa shape index (κ2) is 5.83. The molecule has 0 aliphatic rings. The zero-order valence-corrected chi connectivity index (χ0v) is 7.85. The molecule has 0 fully saturated rings. The van der Waals surface area contributed by atoms with E-state index in [-0.39, 0.29) is 11.8 Å². The molecule has 5 heteroatoms. The van der Waals surface area contributed by atoms with E-state index in [2.05, 4.69) is 10.1 Å². The normalized spacial score (nSPS) is 11.9. The number of carbonyl (C=O) groups excluding carboxylic acids is 2. The van der Waals surface area contributed by atoms with Crippen LogP contribution in [0.5, 0.6) is 0 Å². The summed E-state index contributed by atoms with van der Waals surface area (Å²) in [6.45, 7) is 1.77. The Kier molecular flexibility index (Phi) is 5.45. The summed E-state index contributed by atoms with van der Waals surface area (Å²) in [5.41, 5.74) is 0. The summed E-state index contributed by atoms with van der Waals surface area (Å²) >= 11 is 5.24. The van der Waals surface area contributed by atoms with Crippen molar-refractivity contribution < 1.29 is 14.3 Å². The maximum absolute atomic E-state index is 10.9. The molecule has 0 aromatic rings. The second-order valence-electron chi connectivity index (χ2n) is 2.19. The highest BCUT2D eigenvalue weighted by atomic mass is 35.5. The molecule has 0 aliphatic carbocycles.